The van der Waals surface area contributed by atoms with Crippen LogP contribution in [0.3, 0.4) is 0 Å². The second-order valence-corrected chi connectivity index (χ2v) is 13.2. The molecule has 48 heavy (non-hydrogen) atoms. The van der Waals surface area contributed by atoms with Crippen molar-refractivity contribution in [2.75, 3.05) is 48.7 Å². The van der Waals surface area contributed by atoms with Gasteiger partial charge in [-0.3, -0.25) is 14.3 Å². The number of para-hydroxylation sites is 2. The number of H-pyrrole nitrogens is 1. The SMILES string of the molecule is CCCc1nn(C)c2c(=O)[nH]c(-c3cc(S(=O)(=O)N4CCN(c5ncc(C(=O)Nc6ccccc6N)cn5)CC4)ccc3OCC)nc12. The maximum Gasteiger partial charge on any atom is 0.277 e. The molecule has 0 bridgehead atoms. The molecule has 0 spiro atoms. The summed E-state index contributed by atoms with van der Waals surface area (Å²) in [6, 6.07) is 11.5. The van der Waals surface area contributed by atoms with Gasteiger partial charge in [0.25, 0.3) is 11.5 Å². The van der Waals surface area contributed by atoms with Gasteiger partial charge >= 0.3 is 0 Å². The molecule has 4 N–H and O–H groups in total. The number of amides is 1. The lowest BCUT2D eigenvalue weighted by Crippen LogP contribution is -2.49. The summed E-state index contributed by atoms with van der Waals surface area (Å²) < 4.78 is 36.5. The zero-order valence-corrected chi connectivity index (χ0v) is 27.6. The van der Waals surface area contributed by atoms with Gasteiger partial charge in [-0.25, -0.2) is 23.4 Å². The highest BCUT2D eigenvalue weighted by molar-refractivity contribution is 7.89. The lowest BCUT2D eigenvalue weighted by molar-refractivity contribution is 0.102. The fourth-order valence-corrected chi connectivity index (χ4v) is 7.05. The summed E-state index contributed by atoms with van der Waals surface area (Å²) in [4.78, 5) is 43.9. The lowest BCUT2D eigenvalue weighted by Gasteiger charge is -2.34. The van der Waals surface area contributed by atoms with Gasteiger partial charge in [0, 0.05) is 45.6 Å². The van der Waals surface area contributed by atoms with Crippen molar-refractivity contribution in [3.8, 4) is 17.1 Å². The van der Waals surface area contributed by atoms with Crippen molar-refractivity contribution in [1.82, 2.24) is 34.0 Å². The van der Waals surface area contributed by atoms with Crippen molar-refractivity contribution in [3.63, 3.8) is 0 Å². The zero-order chi connectivity index (χ0) is 34.0. The summed E-state index contributed by atoms with van der Waals surface area (Å²) >= 11 is 0. The average molecular weight is 673 g/mol. The van der Waals surface area contributed by atoms with Crippen molar-refractivity contribution < 1.29 is 17.9 Å². The van der Waals surface area contributed by atoms with Crippen LogP contribution in [0.5, 0.6) is 5.75 Å². The number of carbonyl (C=O) groups is 1. The molecule has 0 saturated carbocycles. The lowest BCUT2D eigenvalue weighted by atomic mass is 10.1. The smallest absolute Gasteiger partial charge is 0.277 e. The van der Waals surface area contributed by atoms with Gasteiger partial charge in [-0.1, -0.05) is 25.5 Å². The Bertz CT molecular complexity index is 2140. The largest absolute Gasteiger partial charge is 0.493 e. The number of nitrogens with zero attached hydrogens (tertiary/aromatic N) is 7. The standard InChI is InChI=1S/C32H36N10O5S/c1-4-8-25-27-28(40(3)39-25)31(44)38-29(37-27)22-17-21(11-12-26(22)47-5-2)48(45,46)42-15-13-41(14-16-42)32-34-18-20(19-35-32)30(43)36-24-10-7-6-9-23(24)33/h6-7,9-12,17-19H,4-5,8,13-16,33H2,1-3H3,(H,36,43)(H,37,38,44). The summed E-state index contributed by atoms with van der Waals surface area (Å²) in [5.41, 5.74) is 8.60. The average Bonchev–Trinajstić information content (AvgIpc) is 3.41. The normalized spacial score (nSPS) is 13.9. The highest BCUT2D eigenvalue weighted by Crippen LogP contribution is 2.32. The number of rotatable bonds is 10. The number of ether oxygens (including phenoxy) is 1. The van der Waals surface area contributed by atoms with E-state index in [0.29, 0.717) is 71.5 Å². The third-order valence-corrected chi connectivity index (χ3v) is 9.92. The number of aromatic amines is 1. The van der Waals surface area contributed by atoms with Crippen LogP contribution in [0.1, 0.15) is 36.3 Å². The quantitative estimate of drug-likeness (QED) is 0.185. The van der Waals surface area contributed by atoms with E-state index in [1.165, 1.54) is 33.5 Å². The number of benzene rings is 2. The monoisotopic (exact) mass is 672 g/mol. The Balaban J connectivity index is 1.20. The van der Waals surface area contributed by atoms with Crippen molar-refractivity contribution in [2.24, 2.45) is 7.05 Å². The number of hydrogen-bond acceptors (Lipinski definition) is 11. The number of anilines is 3. The van der Waals surface area contributed by atoms with E-state index in [-0.39, 0.29) is 34.9 Å². The van der Waals surface area contributed by atoms with E-state index in [1.54, 1.807) is 37.4 Å². The number of hydrogen-bond donors (Lipinski definition) is 3. The van der Waals surface area contributed by atoms with Crippen LogP contribution in [-0.4, -0.2) is 81.1 Å². The van der Waals surface area contributed by atoms with E-state index < -0.39 is 15.9 Å². The molecule has 16 heteroatoms. The maximum atomic E-state index is 13.9. The summed E-state index contributed by atoms with van der Waals surface area (Å²) in [5, 5.41) is 7.22. The third-order valence-electron chi connectivity index (χ3n) is 8.02. The summed E-state index contributed by atoms with van der Waals surface area (Å²) in [5.74, 6) is 0.580. The molecule has 1 fully saturated rings. The van der Waals surface area contributed by atoms with Crippen molar-refractivity contribution in [1.29, 1.82) is 0 Å². The van der Waals surface area contributed by atoms with Gasteiger partial charge < -0.3 is 25.7 Å². The second-order valence-electron chi connectivity index (χ2n) is 11.2. The minimum atomic E-state index is -3.94. The van der Waals surface area contributed by atoms with E-state index >= 15 is 0 Å². The molecule has 1 saturated heterocycles. The van der Waals surface area contributed by atoms with Crippen LogP contribution in [0.4, 0.5) is 17.3 Å². The van der Waals surface area contributed by atoms with Crippen LogP contribution in [0.2, 0.25) is 0 Å². The van der Waals surface area contributed by atoms with E-state index in [4.69, 9.17) is 15.5 Å². The fraction of sp³-hybridized carbons (Fsp3) is 0.312. The number of sulfonamides is 1. The van der Waals surface area contributed by atoms with Gasteiger partial charge in [0.2, 0.25) is 16.0 Å². The summed E-state index contributed by atoms with van der Waals surface area (Å²) in [7, 11) is -2.24. The highest BCUT2D eigenvalue weighted by atomic mass is 32.2. The van der Waals surface area contributed by atoms with Gasteiger partial charge in [-0.2, -0.15) is 9.40 Å². The number of nitrogens with two attached hydrogens (primary N) is 1. The number of fused-ring (bicyclic) bond motifs is 1. The van der Waals surface area contributed by atoms with Crippen LogP contribution in [-0.2, 0) is 23.5 Å². The molecular weight excluding hydrogens is 636 g/mol. The molecule has 250 valence electrons. The summed E-state index contributed by atoms with van der Waals surface area (Å²) in [6.07, 6.45) is 4.31. The molecule has 4 heterocycles. The molecule has 6 rings (SSSR count). The van der Waals surface area contributed by atoms with Gasteiger partial charge in [-0.05, 0) is 43.7 Å². The first kappa shape index (κ1) is 32.6. The van der Waals surface area contributed by atoms with Gasteiger partial charge in [0.05, 0.1) is 39.7 Å². The molecular formula is C32H36N10O5S. The van der Waals surface area contributed by atoms with E-state index in [1.807, 2.05) is 18.7 Å². The minimum Gasteiger partial charge on any atom is -0.493 e. The first-order valence-corrected chi connectivity index (χ1v) is 17.0. The molecule has 0 atom stereocenters. The van der Waals surface area contributed by atoms with Gasteiger partial charge in [0.15, 0.2) is 5.52 Å². The molecule has 1 amide bonds. The Kier molecular flexibility index (Phi) is 9.10. The third kappa shape index (κ3) is 6.31. The van der Waals surface area contributed by atoms with Crippen molar-refractivity contribution >= 4 is 44.3 Å². The number of nitrogens with one attached hydrogen (secondary N) is 2. The number of aromatic nitrogens is 6. The first-order valence-electron chi connectivity index (χ1n) is 15.6. The van der Waals surface area contributed by atoms with Crippen LogP contribution < -0.4 is 26.2 Å². The first-order chi connectivity index (χ1) is 23.1. The Morgan fingerprint density at radius 2 is 1.79 bits per heavy atom. The molecule has 15 nitrogen and oxygen atoms in total. The van der Waals surface area contributed by atoms with Gasteiger partial charge in [-0.15, -0.1) is 0 Å². The summed E-state index contributed by atoms with van der Waals surface area (Å²) in [6.45, 7) is 5.20. The number of aryl methyl sites for hydroxylation is 2. The topological polar surface area (TPSA) is 194 Å². The van der Waals surface area contributed by atoms with Crippen LogP contribution >= 0.6 is 0 Å². The molecule has 1 aliphatic rings. The number of carbonyl (C=O) groups excluding carboxylic acids is 1. The molecule has 0 unspecified atom stereocenters. The molecule has 2 aromatic carbocycles. The Hall–Kier alpha value is -5.35. The minimum absolute atomic E-state index is 0.0442. The van der Waals surface area contributed by atoms with Crippen LogP contribution in [0.15, 0.2) is 64.5 Å². The Labute approximate surface area is 276 Å². The van der Waals surface area contributed by atoms with Gasteiger partial charge in [0.1, 0.15) is 17.1 Å². The van der Waals surface area contributed by atoms with E-state index in [2.05, 4.69) is 25.4 Å². The number of nitrogen functional groups attached to an aromatic ring is 1. The maximum absolute atomic E-state index is 13.9. The number of piperazine rings is 1. The second kappa shape index (κ2) is 13.4. The molecule has 3 aromatic heterocycles. The molecule has 1 aliphatic heterocycles. The molecule has 0 radical (unpaired) electrons. The highest BCUT2D eigenvalue weighted by Gasteiger charge is 2.31. The van der Waals surface area contributed by atoms with E-state index in [0.717, 1.165) is 6.42 Å². The van der Waals surface area contributed by atoms with Crippen molar-refractivity contribution in [3.05, 3.63) is 76.5 Å². The Morgan fingerprint density at radius 3 is 2.48 bits per heavy atom. The zero-order valence-electron chi connectivity index (χ0n) is 26.8. The van der Waals surface area contributed by atoms with Crippen molar-refractivity contribution in [2.45, 2.75) is 31.6 Å². The van der Waals surface area contributed by atoms with E-state index in [9.17, 15) is 18.0 Å². The Morgan fingerprint density at radius 1 is 1.06 bits per heavy atom. The van der Waals surface area contributed by atoms with Crippen LogP contribution in [0.25, 0.3) is 22.4 Å². The predicted molar refractivity (Wildman–Crippen MR) is 182 cm³/mol. The predicted octanol–water partition coefficient (Wildman–Crippen LogP) is 2.81. The molecule has 0 aliphatic carbocycles. The van der Waals surface area contributed by atoms with Crippen LogP contribution in [0, 0.1) is 0 Å². The molecule has 5 aromatic rings. The fourth-order valence-electron chi connectivity index (χ4n) is 5.60.